The topological polar surface area (TPSA) is 75.0 Å². The monoisotopic (exact) mass is 317 g/mol. The predicted octanol–water partition coefficient (Wildman–Crippen LogP) is 3.51. The highest BCUT2D eigenvalue weighted by Gasteiger charge is 2.16. The molecule has 24 heavy (non-hydrogen) atoms. The molecule has 0 radical (unpaired) electrons. The van der Waals surface area contributed by atoms with Crippen molar-refractivity contribution in [1.82, 2.24) is 4.98 Å². The van der Waals surface area contributed by atoms with Crippen LogP contribution in [-0.2, 0) is 4.79 Å². The van der Waals surface area contributed by atoms with Crippen LogP contribution in [0.25, 0.3) is 10.9 Å². The highest BCUT2D eigenvalue weighted by atomic mass is 16.5. The molecular formula is C19H15N3O2. The van der Waals surface area contributed by atoms with E-state index in [-0.39, 0.29) is 5.91 Å². The van der Waals surface area contributed by atoms with E-state index in [4.69, 9.17) is 10.00 Å². The molecule has 5 heteroatoms. The molecule has 1 heterocycles. The van der Waals surface area contributed by atoms with E-state index in [0.717, 1.165) is 5.39 Å². The maximum Gasteiger partial charge on any atom is 0.265 e. The van der Waals surface area contributed by atoms with E-state index in [9.17, 15) is 4.79 Å². The van der Waals surface area contributed by atoms with E-state index in [1.807, 2.05) is 30.3 Å². The van der Waals surface area contributed by atoms with E-state index in [2.05, 4.69) is 10.3 Å². The van der Waals surface area contributed by atoms with Crippen LogP contribution in [-0.4, -0.2) is 17.0 Å². The van der Waals surface area contributed by atoms with E-state index in [1.165, 1.54) is 0 Å². The number of ether oxygens (including phenoxy) is 1. The van der Waals surface area contributed by atoms with Gasteiger partial charge in [0.1, 0.15) is 11.3 Å². The standard InChI is InChI=1S/C19H15N3O2/c1-13(19(23)22-16-8-2-5-14(11-16)12-20)24-17-9-3-6-15-7-4-10-21-18(15)17/h2-11,13H,1H3,(H,22,23)/t13-/m0/s1. The Balaban J connectivity index is 1.75. The molecular weight excluding hydrogens is 302 g/mol. The van der Waals surface area contributed by atoms with Crippen molar-refractivity contribution in [3.05, 3.63) is 66.4 Å². The molecule has 5 nitrogen and oxygen atoms in total. The Kier molecular flexibility index (Phi) is 4.39. The van der Waals surface area contributed by atoms with Crippen molar-refractivity contribution in [1.29, 1.82) is 5.26 Å². The van der Waals surface area contributed by atoms with E-state index in [1.54, 1.807) is 43.5 Å². The van der Waals surface area contributed by atoms with Crippen LogP contribution in [0.1, 0.15) is 12.5 Å². The number of aromatic nitrogens is 1. The van der Waals surface area contributed by atoms with Gasteiger partial charge < -0.3 is 10.1 Å². The van der Waals surface area contributed by atoms with Crippen LogP contribution >= 0.6 is 0 Å². The second-order valence-electron chi connectivity index (χ2n) is 5.27. The molecule has 1 amide bonds. The highest BCUT2D eigenvalue weighted by Crippen LogP contribution is 2.24. The molecule has 0 unspecified atom stereocenters. The van der Waals surface area contributed by atoms with Gasteiger partial charge in [-0.15, -0.1) is 0 Å². The number of carbonyl (C=O) groups is 1. The number of nitriles is 1. The summed E-state index contributed by atoms with van der Waals surface area (Å²) in [5, 5.41) is 12.6. The third-order valence-electron chi connectivity index (χ3n) is 3.53. The lowest BCUT2D eigenvalue weighted by atomic mass is 10.2. The van der Waals surface area contributed by atoms with Crippen LogP contribution in [0.2, 0.25) is 0 Å². The van der Waals surface area contributed by atoms with Crippen LogP contribution in [0, 0.1) is 11.3 Å². The summed E-state index contributed by atoms with van der Waals surface area (Å²) in [6, 6.07) is 18.2. The Bertz CT molecular complexity index is 926. The average Bonchev–Trinajstić information content (AvgIpc) is 2.62. The van der Waals surface area contributed by atoms with Gasteiger partial charge in [-0.2, -0.15) is 5.26 Å². The summed E-state index contributed by atoms with van der Waals surface area (Å²) in [5.74, 6) is 0.263. The largest absolute Gasteiger partial charge is 0.479 e. The molecule has 0 saturated carbocycles. The number of pyridine rings is 1. The summed E-state index contributed by atoms with van der Waals surface area (Å²) in [4.78, 5) is 16.6. The van der Waals surface area contributed by atoms with Gasteiger partial charge in [0.05, 0.1) is 11.6 Å². The maximum atomic E-state index is 12.3. The molecule has 0 spiro atoms. The predicted molar refractivity (Wildman–Crippen MR) is 91.6 cm³/mol. The van der Waals surface area contributed by atoms with Crippen molar-refractivity contribution < 1.29 is 9.53 Å². The second-order valence-corrected chi connectivity index (χ2v) is 5.27. The number of hydrogen-bond donors (Lipinski definition) is 1. The first-order valence-corrected chi connectivity index (χ1v) is 7.49. The van der Waals surface area contributed by atoms with E-state index < -0.39 is 6.10 Å². The van der Waals surface area contributed by atoms with Crippen LogP contribution in [0.5, 0.6) is 5.75 Å². The summed E-state index contributed by atoms with van der Waals surface area (Å²) in [6.07, 6.45) is 0.983. The molecule has 0 fully saturated rings. The lowest BCUT2D eigenvalue weighted by Gasteiger charge is -2.15. The van der Waals surface area contributed by atoms with Gasteiger partial charge in [0.15, 0.2) is 6.10 Å². The highest BCUT2D eigenvalue weighted by molar-refractivity contribution is 5.94. The van der Waals surface area contributed by atoms with Crippen LogP contribution in [0.15, 0.2) is 60.8 Å². The zero-order valence-electron chi connectivity index (χ0n) is 13.1. The number of benzene rings is 2. The number of anilines is 1. The number of hydrogen-bond acceptors (Lipinski definition) is 4. The SMILES string of the molecule is C[C@H](Oc1cccc2cccnc12)C(=O)Nc1cccc(C#N)c1. The van der Waals surface area contributed by atoms with E-state index in [0.29, 0.717) is 22.5 Å². The van der Waals surface area contributed by atoms with Crippen molar-refractivity contribution in [2.45, 2.75) is 13.0 Å². The molecule has 0 aliphatic carbocycles. The number of nitrogens with one attached hydrogen (secondary N) is 1. The Morgan fingerprint density at radius 1 is 1.21 bits per heavy atom. The van der Waals surface area contributed by atoms with Gasteiger partial charge in [-0.3, -0.25) is 9.78 Å². The summed E-state index contributed by atoms with van der Waals surface area (Å²) in [5.41, 5.74) is 1.76. The minimum Gasteiger partial charge on any atom is -0.479 e. The second kappa shape index (κ2) is 6.80. The van der Waals surface area contributed by atoms with Crippen molar-refractivity contribution >= 4 is 22.5 Å². The fraction of sp³-hybridized carbons (Fsp3) is 0.105. The molecule has 3 aromatic rings. The third-order valence-corrected chi connectivity index (χ3v) is 3.53. The van der Waals surface area contributed by atoms with Gasteiger partial charge in [-0.25, -0.2) is 0 Å². The molecule has 118 valence electrons. The number of carbonyl (C=O) groups excluding carboxylic acids is 1. The van der Waals surface area contributed by atoms with Gasteiger partial charge in [0.25, 0.3) is 5.91 Å². The summed E-state index contributed by atoms with van der Waals surface area (Å²) in [6.45, 7) is 1.67. The number of rotatable bonds is 4. The lowest BCUT2D eigenvalue weighted by molar-refractivity contribution is -0.122. The van der Waals surface area contributed by atoms with Crippen LogP contribution in [0.4, 0.5) is 5.69 Å². The normalized spacial score (nSPS) is 11.5. The van der Waals surface area contributed by atoms with Crippen LogP contribution < -0.4 is 10.1 Å². The Labute approximate surface area is 139 Å². The quantitative estimate of drug-likeness (QED) is 0.799. The molecule has 0 saturated heterocycles. The number of amides is 1. The Morgan fingerprint density at radius 2 is 2.00 bits per heavy atom. The minimum absolute atomic E-state index is 0.293. The summed E-state index contributed by atoms with van der Waals surface area (Å²) < 4.78 is 5.78. The Hall–Kier alpha value is -3.39. The average molecular weight is 317 g/mol. The molecule has 1 aromatic heterocycles. The fourth-order valence-corrected chi connectivity index (χ4v) is 2.33. The summed E-state index contributed by atoms with van der Waals surface area (Å²) >= 11 is 0. The molecule has 1 atom stereocenters. The first-order chi connectivity index (χ1) is 11.7. The van der Waals surface area contributed by atoms with Gasteiger partial charge in [0.2, 0.25) is 0 Å². The third kappa shape index (κ3) is 3.33. The zero-order valence-corrected chi connectivity index (χ0v) is 13.1. The smallest absolute Gasteiger partial charge is 0.265 e. The molecule has 0 aliphatic heterocycles. The Morgan fingerprint density at radius 3 is 2.83 bits per heavy atom. The minimum atomic E-state index is -0.705. The van der Waals surface area contributed by atoms with Crippen molar-refractivity contribution in [2.24, 2.45) is 0 Å². The number of fused-ring (bicyclic) bond motifs is 1. The zero-order chi connectivity index (χ0) is 16.9. The summed E-state index contributed by atoms with van der Waals surface area (Å²) in [7, 11) is 0. The molecule has 0 bridgehead atoms. The lowest BCUT2D eigenvalue weighted by Crippen LogP contribution is -2.30. The fourth-order valence-electron chi connectivity index (χ4n) is 2.33. The molecule has 2 aromatic carbocycles. The van der Waals surface area contributed by atoms with Gasteiger partial charge in [-0.1, -0.05) is 24.3 Å². The number of para-hydroxylation sites is 1. The first kappa shape index (κ1) is 15.5. The van der Waals surface area contributed by atoms with Crippen molar-refractivity contribution in [3.8, 4) is 11.8 Å². The molecule has 3 rings (SSSR count). The van der Waals surface area contributed by atoms with Crippen molar-refractivity contribution in [2.75, 3.05) is 5.32 Å². The molecule has 1 N–H and O–H groups in total. The van der Waals surface area contributed by atoms with Gasteiger partial charge in [0, 0.05) is 17.3 Å². The molecule has 0 aliphatic rings. The van der Waals surface area contributed by atoms with Crippen LogP contribution in [0.3, 0.4) is 0 Å². The van der Waals surface area contributed by atoms with E-state index >= 15 is 0 Å². The first-order valence-electron chi connectivity index (χ1n) is 7.49. The number of nitrogens with zero attached hydrogens (tertiary/aromatic N) is 2. The van der Waals surface area contributed by atoms with Crippen molar-refractivity contribution in [3.63, 3.8) is 0 Å². The van der Waals surface area contributed by atoms with Gasteiger partial charge >= 0.3 is 0 Å². The van der Waals surface area contributed by atoms with Gasteiger partial charge in [-0.05, 0) is 37.3 Å². The maximum absolute atomic E-state index is 12.3.